The lowest BCUT2D eigenvalue weighted by Gasteiger charge is -2.46. The molecule has 0 aromatic carbocycles. The SMILES string of the molecule is CC1CCC2(C)C(C=O)C3C4CCC12C43C. The van der Waals surface area contributed by atoms with E-state index in [0.717, 1.165) is 17.8 Å². The highest BCUT2D eigenvalue weighted by atomic mass is 16.1. The first kappa shape index (κ1) is 9.67. The number of aldehydes is 1. The van der Waals surface area contributed by atoms with Gasteiger partial charge in [-0.25, -0.2) is 0 Å². The van der Waals surface area contributed by atoms with Crippen LogP contribution >= 0.6 is 0 Å². The molecule has 4 rings (SSSR count). The second-order valence-corrected chi connectivity index (χ2v) is 7.44. The summed E-state index contributed by atoms with van der Waals surface area (Å²) in [6.45, 7) is 7.41. The Morgan fingerprint density at radius 2 is 1.94 bits per heavy atom. The Labute approximate surface area is 98.0 Å². The Balaban J connectivity index is 1.97. The molecule has 0 N–H and O–H groups in total. The van der Waals surface area contributed by atoms with Crippen LogP contribution in [-0.4, -0.2) is 6.29 Å². The van der Waals surface area contributed by atoms with Gasteiger partial charge in [0.1, 0.15) is 6.29 Å². The zero-order chi connectivity index (χ0) is 11.3. The van der Waals surface area contributed by atoms with E-state index in [0.29, 0.717) is 22.2 Å². The van der Waals surface area contributed by atoms with Gasteiger partial charge in [-0.05, 0) is 59.7 Å². The number of hydrogen-bond acceptors (Lipinski definition) is 1. The van der Waals surface area contributed by atoms with Crippen molar-refractivity contribution in [3.63, 3.8) is 0 Å². The topological polar surface area (TPSA) is 17.1 Å². The van der Waals surface area contributed by atoms with E-state index >= 15 is 0 Å². The molecule has 1 nitrogen and oxygen atoms in total. The van der Waals surface area contributed by atoms with Crippen molar-refractivity contribution in [2.24, 2.45) is 39.9 Å². The molecule has 0 radical (unpaired) electrons. The molecule has 1 spiro atoms. The molecule has 0 aromatic rings. The van der Waals surface area contributed by atoms with Crippen LogP contribution in [0.15, 0.2) is 0 Å². The summed E-state index contributed by atoms with van der Waals surface area (Å²) in [5, 5.41) is 0. The van der Waals surface area contributed by atoms with Crippen molar-refractivity contribution in [2.75, 3.05) is 0 Å². The van der Waals surface area contributed by atoms with E-state index in [-0.39, 0.29) is 0 Å². The number of fused-ring (bicyclic) bond motifs is 1. The minimum atomic E-state index is 0.348. The minimum Gasteiger partial charge on any atom is -0.303 e. The van der Waals surface area contributed by atoms with Crippen molar-refractivity contribution in [3.05, 3.63) is 0 Å². The molecule has 0 amide bonds. The van der Waals surface area contributed by atoms with Crippen LogP contribution in [0, 0.1) is 39.9 Å². The molecule has 0 aliphatic heterocycles. The molecule has 0 bridgehead atoms. The van der Waals surface area contributed by atoms with Crippen molar-refractivity contribution in [3.8, 4) is 0 Å². The average molecular weight is 218 g/mol. The summed E-state index contributed by atoms with van der Waals surface area (Å²) in [5.41, 5.74) is 1.42. The fourth-order valence-corrected chi connectivity index (χ4v) is 7.34. The summed E-state index contributed by atoms with van der Waals surface area (Å²) in [6.07, 6.45) is 6.80. The minimum absolute atomic E-state index is 0.348. The highest BCUT2D eigenvalue weighted by Crippen LogP contribution is 2.93. The summed E-state index contributed by atoms with van der Waals surface area (Å²) in [4.78, 5) is 11.6. The Hall–Kier alpha value is -0.330. The fraction of sp³-hybridized carbons (Fsp3) is 0.933. The van der Waals surface area contributed by atoms with Crippen molar-refractivity contribution in [1.29, 1.82) is 0 Å². The molecule has 16 heavy (non-hydrogen) atoms. The van der Waals surface area contributed by atoms with E-state index in [1.807, 2.05) is 0 Å². The molecule has 7 atom stereocenters. The van der Waals surface area contributed by atoms with Gasteiger partial charge in [-0.2, -0.15) is 0 Å². The third kappa shape index (κ3) is 0.577. The van der Waals surface area contributed by atoms with Gasteiger partial charge in [-0.3, -0.25) is 0 Å². The molecule has 4 aliphatic rings. The van der Waals surface area contributed by atoms with Crippen LogP contribution in [0.25, 0.3) is 0 Å². The number of carbonyl (C=O) groups is 1. The van der Waals surface area contributed by atoms with Crippen LogP contribution in [0.4, 0.5) is 0 Å². The third-order valence-corrected chi connectivity index (χ3v) is 7.82. The molecule has 4 saturated carbocycles. The van der Waals surface area contributed by atoms with E-state index in [9.17, 15) is 4.79 Å². The standard InChI is InChI=1S/C15H22O/c1-9-4-6-13(2)11(8-16)12-10-5-7-15(9,13)14(10,12)3/h8-12H,4-7H2,1-3H3. The van der Waals surface area contributed by atoms with E-state index in [2.05, 4.69) is 20.8 Å². The molecule has 0 heterocycles. The molecule has 0 aromatic heterocycles. The first-order chi connectivity index (χ1) is 7.54. The molecule has 7 unspecified atom stereocenters. The van der Waals surface area contributed by atoms with Crippen molar-refractivity contribution >= 4 is 6.29 Å². The second-order valence-electron chi connectivity index (χ2n) is 7.44. The van der Waals surface area contributed by atoms with Crippen molar-refractivity contribution in [1.82, 2.24) is 0 Å². The summed E-state index contributed by atoms with van der Waals surface area (Å²) in [6, 6.07) is 0. The Morgan fingerprint density at radius 1 is 1.19 bits per heavy atom. The smallest absolute Gasteiger partial charge is 0.123 e. The maximum absolute atomic E-state index is 11.6. The van der Waals surface area contributed by atoms with Gasteiger partial charge in [0.25, 0.3) is 0 Å². The van der Waals surface area contributed by atoms with Crippen LogP contribution in [0.2, 0.25) is 0 Å². The highest BCUT2D eigenvalue weighted by Gasteiger charge is 2.88. The molecule has 0 saturated heterocycles. The predicted molar refractivity (Wildman–Crippen MR) is 62.8 cm³/mol. The lowest BCUT2D eigenvalue weighted by atomic mass is 9.57. The van der Waals surface area contributed by atoms with Gasteiger partial charge in [0.05, 0.1) is 0 Å². The first-order valence-corrected chi connectivity index (χ1v) is 6.99. The highest BCUT2D eigenvalue weighted by molar-refractivity contribution is 5.62. The largest absolute Gasteiger partial charge is 0.303 e. The Morgan fingerprint density at radius 3 is 2.62 bits per heavy atom. The maximum Gasteiger partial charge on any atom is 0.123 e. The summed E-state index contributed by atoms with van der Waals surface area (Å²) in [7, 11) is 0. The lowest BCUT2D eigenvalue weighted by molar-refractivity contribution is -0.116. The molecule has 4 fully saturated rings. The van der Waals surface area contributed by atoms with Gasteiger partial charge in [0.15, 0.2) is 0 Å². The zero-order valence-electron chi connectivity index (χ0n) is 10.6. The zero-order valence-corrected chi connectivity index (χ0v) is 10.6. The number of hydrogen-bond donors (Lipinski definition) is 0. The predicted octanol–water partition coefficient (Wildman–Crippen LogP) is 3.28. The monoisotopic (exact) mass is 218 g/mol. The molecular weight excluding hydrogens is 196 g/mol. The second kappa shape index (κ2) is 2.28. The first-order valence-electron chi connectivity index (χ1n) is 6.99. The van der Waals surface area contributed by atoms with Crippen molar-refractivity contribution < 1.29 is 4.79 Å². The third-order valence-electron chi connectivity index (χ3n) is 7.82. The van der Waals surface area contributed by atoms with Gasteiger partial charge in [0.2, 0.25) is 0 Å². The molecule has 1 heteroatoms. The van der Waals surface area contributed by atoms with E-state index in [4.69, 9.17) is 0 Å². The van der Waals surface area contributed by atoms with E-state index < -0.39 is 0 Å². The quantitative estimate of drug-likeness (QED) is 0.617. The Bertz CT molecular complexity index is 389. The fourth-order valence-electron chi connectivity index (χ4n) is 7.34. The van der Waals surface area contributed by atoms with Crippen molar-refractivity contribution in [2.45, 2.75) is 46.5 Å². The maximum atomic E-state index is 11.6. The van der Waals surface area contributed by atoms with Crippen LogP contribution in [-0.2, 0) is 4.79 Å². The number of rotatable bonds is 1. The molecular formula is C15H22O. The van der Waals surface area contributed by atoms with Gasteiger partial charge in [-0.15, -0.1) is 0 Å². The van der Waals surface area contributed by atoms with E-state index in [1.54, 1.807) is 0 Å². The number of carbonyl (C=O) groups excluding carboxylic acids is 1. The normalized spacial score (nSPS) is 70.2. The van der Waals surface area contributed by atoms with Gasteiger partial charge in [-0.1, -0.05) is 20.8 Å². The summed E-state index contributed by atoms with van der Waals surface area (Å²) in [5.74, 6) is 2.89. The lowest BCUT2D eigenvalue weighted by Crippen LogP contribution is -2.42. The Kier molecular flexibility index (Phi) is 1.38. The van der Waals surface area contributed by atoms with Gasteiger partial charge in [0, 0.05) is 5.92 Å². The van der Waals surface area contributed by atoms with Crippen LogP contribution in [0.5, 0.6) is 0 Å². The molecule has 4 aliphatic carbocycles. The van der Waals surface area contributed by atoms with Gasteiger partial charge < -0.3 is 4.79 Å². The van der Waals surface area contributed by atoms with E-state index in [1.165, 1.54) is 32.0 Å². The molecule has 88 valence electrons. The van der Waals surface area contributed by atoms with Crippen LogP contribution in [0.1, 0.15) is 46.5 Å². The summed E-state index contributed by atoms with van der Waals surface area (Å²) >= 11 is 0. The van der Waals surface area contributed by atoms with Crippen LogP contribution in [0.3, 0.4) is 0 Å². The van der Waals surface area contributed by atoms with Crippen LogP contribution < -0.4 is 0 Å². The van der Waals surface area contributed by atoms with Gasteiger partial charge >= 0.3 is 0 Å². The average Bonchev–Trinajstić information content (AvgIpc) is 2.52. The summed E-state index contributed by atoms with van der Waals surface area (Å²) < 4.78 is 0.